The highest BCUT2D eigenvalue weighted by Gasteiger charge is 2.13. The molecule has 0 saturated carbocycles. The van der Waals surface area contributed by atoms with Gasteiger partial charge < -0.3 is 0 Å². The standard InChI is InChI=1S/C7H7ClN4O2S/c1-15(13,14)4-7-11-10-6-3-9-2-5(8)12(6)7/h2-3H,4H2,1H3. The van der Waals surface area contributed by atoms with Gasteiger partial charge in [0.15, 0.2) is 21.3 Å². The van der Waals surface area contributed by atoms with E-state index < -0.39 is 9.84 Å². The molecule has 2 aromatic rings. The molecule has 2 rings (SSSR count). The Hall–Kier alpha value is -1.21. The highest BCUT2D eigenvalue weighted by atomic mass is 35.5. The second-order valence-electron chi connectivity index (χ2n) is 3.11. The first kappa shape index (κ1) is 10.3. The number of fused-ring (bicyclic) bond motifs is 1. The van der Waals surface area contributed by atoms with Gasteiger partial charge in [-0.3, -0.25) is 9.38 Å². The van der Waals surface area contributed by atoms with E-state index in [1.54, 1.807) is 0 Å². The lowest BCUT2D eigenvalue weighted by Crippen LogP contribution is -2.05. The van der Waals surface area contributed by atoms with Crippen molar-refractivity contribution in [2.75, 3.05) is 6.26 Å². The highest BCUT2D eigenvalue weighted by Crippen LogP contribution is 2.13. The third kappa shape index (κ3) is 2.07. The number of rotatable bonds is 2. The summed E-state index contributed by atoms with van der Waals surface area (Å²) >= 11 is 5.86. The summed E-state index contributed by atoms with van der Waals surface area (Å²) in [4.78, 5) is 3.82. The second kappa shape index (κ2) is 3.42. The summed E-state index contributed by atoms with van der Waals surface area (Å²) in [6.45, 7) is 0. The summed E-state index contributed by atoms with van der Waals surface area (Å²) in [5, 5.41) is 7.80. The van der Waals surface area contributed by atoms with Crippen LogP contribution in [0.3, 0.4) is 0 Å². The number of hydrogen-bond acceptors (Lipinski definition) is 5. The predicted octanol–water partition coefficient (Wildman–Crippen LogP) is 0.322. The van der Waals surface area contributed by atoms with Crippen molar-refractivity contribution in [3.05, 3.63) is 23.4 Å². The van der Waals surface area contributed by atoms with E-state index in [1.807, 2.05) is 0 Å². The minimum atomic E-state index is -3.16. The monoisotopic (exact) mass is 246 g/mol. The number of hydrogen-bond donors (Lipinski definition) is 0. The maximum atomic E-state index is 11.1. The molecular formula is C7H7ClN4O2S. The van der Waals surface area contributed by atoms with E-state index in [1.165, 1.54) is 16.8 Å². The molecular weight excluding hydrogens is 240 g/mol. The highest BCUT2D eigenvalue weighted by molar-refractivity contribution is 7.89. The van der Waals surface area contributed by atoms with E-state index in [0.717, 1.165) is 6.26 Å². The predicted molar refractivity (Wildman–Crippen MR) is 54.3 cm³/mol. The van der Waals surface area contributed by atoms with Crippen molar-refractivity contribution in [1.82, 2.24) is 19.6 Å². The van der Waals surface area contributed by atoms with Crippen molar-refractivity contribution >= 4 is 27.1 Å². The zero-order valence-electron chi connectivity index (χ0n) is 7.75. The summed E-state index contributed by atoms with van der Waals surface area (Å²) < 4.78 is 23.7. The van der Waals surface area contributed by atoms with Gasteiger partial charge in [-0.25, -0.2) is 8.42 Å². The molecule has 6 nitrogen and oxygen atoms in total. The van der Waals surface area contributed by atoms with Crippen LogP contribution in [-0.4, -0.2) is 34.3 Å². The minimum absolute atomic E-state index is 0.197. The maximum Gasteiger partial charge on any atom is 0.180 e. The Morgan fingerprint density at radius 2 is 2.13 bits per heavy atom. The smallest absolute Gasteiger partial charge is 0.180 e. The quantitative estimate of drug-likeness (QED) is 0.763. The van der Waals surface area contributed by atoms with Crippen molar-refractivity contribution < 1.29 is 8.42 Å². The largest absolute Gasteiger partial charge is 0.265 e. The molecule has 0 bridgehead atoms. The summed E-state index contributed by atoms with van der Waals surface area (Å²) in [5.74, 6) is 0.0950. The Labute approximate surface area is 90.8 Å². The SMILES string of the molecule is CS(=O)(=O)Cc1nnc2cncc(Cl)n12. The fourth-order valence-electron chi connectivity index (χ4n) is 1.20. The third-order valence-electron chi connectivity index (χ3n) is 1.73. The molecule has 15 heavy (non-hydrogen) atoms. The lowest BCUT2D eigenvalue weighted by Gasteiger charge is -1.99. The van der Waals surface area contributed by atoms with Crippen LogP contribution in [0.1, 0.15) is 5.82 Å². The fraction of sp³-hybridized carbons (Fsp3) is 0.286. The van der Waals surface area contributed by atoms with Gasteiger partial charge in [-0.1, -0.05) is 11.6 Å². The van der Waals surface area contributed by atoms with Crippen LogP contribution in [-0.2, 0) is 15.6 Å². The molecule has 2 heterocycles. The summed E-state index contributed by atoms with van der Waals surface area (Å²) in [7, 11) is -3.16. The number of sulfone groups is 1. The summed E-state index contributed by atoms with van der Waals surface area (Å²) in [6, 6.07) is 0. The van der Waals surface area contributed by atoms with Crippen molar-refractivity contribution in [2.24, 2.45) is 0 Å². The fourth-order valence-corrected chi connectivity index (χ4v) is 2.09. The van der Waals surface area contributed by atoms with E-state index in [4.69, 9.17) is 11.6 Å². The van der Waals surface area contributed by atoms with Gasteiger partial charge in [0.1, 0.15) is 10.9 Å². The van der Waals surface area contributed by atoms with Gasteiger partial charge in [-0.05, 0) is 0 Å². The molecule has 80 valence electrons. The number of halogens is 1. The second-order valence-corrected chi connectivity index (χ2v) is 5.64. The van der Waals surface area contributed by atoms with E-state index in [2.05, 4.69) is 15.2 Å². The molecule has 0 aromatic carbocycles. The van der Waals surface area contributed by atoms with E-state index in [0.29, 0.717) is 11.5 Å². The molecule has 0 unspecified atom stereocenters. The average molecular weight is 247 g/mol. The third-order valence-corrected chi connectivity index (χ3v) is 2.78. The number of aromatic nitrogens is 4. The zero-order chi connectivity index (χ0) is 11.1. The van der Waals surface area contributed by atoms with Crippen LogP contribution in [0.4, 0.5) is 0 Å². The molecule has 0 radical (unpaired) electrons. The van der Waals surface area contributed by atoms with Crippen LogP contribution < -0.4 is 0 Å². The minimum Gasteiger partial charge on any atom is -0.265 e. The van der Waals surface area contributed by atoms with Crippen LogP contribution in [0.2, 0.25) is 5.15 Å². The first-order valence-electron chi connectivity index (χ1n) is 3.98. The lowest BCUT2D eigenvalue weighted by molar-refractivity contribution is 0.599. The Kier molecular flexibility index (Phi) is 2.35. The van der Waals surface area contributed by atoms with Crippen molar-refractivity contribution in [3.63, 3.8) is 0 Å². The lowest BCUT2D eigenvalue weighted by atomic mass is 10.6. The van der Waals surface area contributed by atoms with Gasteiger partial charge in [0.2, 0.25) is 0 Å². The molecule has 0 fully saturated rings. The first-order chi connectivity index (χ1) is 6.97. The molecule has 0 aliphatic rings. The molecule has 0 saturated heterocycles. The Balaban J connectivity index is 2.63. The maximum absolute atomic E-state index is 11.1. The topological polar surface area (TPSA) is 77.2 Å². The van der Waals surface area contributed by atoms with E-state index in [-0.39, 0.29) is 10.9 Å². The van der Waals surface area contributed by atoms with Gasteiger partial charge in [0.05, 0.1) is 12.4 Å². The van der Waals surface area contributed by atoms with Crippen molar-refractivity contribution in [2.45, 2.75) is 5.75 Å². The molecule has 0 spiro atoms. The zero-order valence-corrected chi connectivity index (χ0v) is 9.33. The Morgan fingerprint density at radius 1 is 1.40 bits per heavy atom. The van der Waals surface area contributed by atoms with Crippen molar-refractivity contribution in [3.8, 4) is 0 Å². The van der Waals surface area contributed by atoms with Gasteiger partial charge in [-0.15, -0.1) is 10.2 Å². The van der Waals surface area contributed by atoms with Crippen molar-refractivity contribution in [1.29, 1.82) is 0 Å². The van der Waals surface area contributed by atoms with E-state index >= 15 is 0 Å². The molecule has 0 aliphatic heterocycles. The summed E-state index contributed by atoms with van der Waals surface area (Å²) in [6.07, 6.45) is 4.00. The summed E-state index contributed by atoms with van der Waals surface area (Å²) in [5.41, 5.74) is 0.432. The molecule has 2 aromatic heterocycles. The molecule has 0 aliphatic carbocycles. The van der Waals surface area contributed by atoms with Gasteiger partial charge in [-0.2, -0.15) is 0 Å². The Morgan fingerprint density at radius 3 is 2.80 bits per heavy atom. The molecule has 0 atom stereocenters. The molecule has 0 amide bonds. The average Bonchev–Trinajstić information content (AvgIpc) is 2.47. The number of nitrogens with zero attached hydrogens (tertiary/aromatic N) is 4. The molecule has 0 N–H and O–H groups in total. The van der Waals surface area contributed by atoms with Gasteiger partial charge >= 0.3 is 0 Å². The first-order valence-corrected chi connectivity index (χ1v) is 6.42. The van der Waals surface area contributed by atoms with Crippen LogP contribution in [0.15, 0.2) is 12.4 Å². The van der Waals surface area contributed by atoms with Gasteiger partial charge in [0, 0.05) is 6.26 Å². The molecule has 8 heteroatoms. The van der Waals surface area contributed by atoms with Crippen LogP contribution in [0.5, 0.6) is 0 Å². The van der Waals surface area contributed by atoms with Crippen LogP contribution in [0.25, 0.3) is 5.65 Å². The normalized spacial score (nSPS) is 12.1. The van der Waals surface area contributed by atoms with E-state index in [9.17, 15) is 8.42 Å². The van der Waals surface area contributed by atoms with Crippen LogP contribution in [0, 0.1) is 0 Å². The van der Waals surface area contributed by atoms with Crippen LogP contribution >= 0.6 is 11.6 Å². The Bertz CT molecular complexity index is 606. The van der Waals surface area contributed by atoms with Gasteiger partial charge in [0.25, 0.3) is 0 Å².